The van der Waals surface area contributed by atoms with Crippen molar-refractivity contribution < 1.29 is 9.47 Å². The second-order valence-electron chi connectivity index (χ2n) is 6.77. The summed E-state index contributed by atoms with van der Waals surface area (Å²) in [5, 5.41) is 3.10. The summed E-state index contributed by atoms with van der Waals surface area (Å²) < 4.78 is 11.3. The van der Waals surface area contributed by atoms with Crippen LogP contribution in [0.1, 0.15) is 40.0 Å². The van der Waals surface area contributed by atoms with Crippen LogP contribution in [0, 0.1) is 5.41 Å². The molecule has 1 heterocycles. The number of rotatable bonds is 4. The fourth-order valence-corrected chi connectivity index (χ4v) is 2.24. The standard InChI is InChI=1S/C17H27N3O2/c1-17(2,3)8-4-9-19-16(18)20-13-6-7-14-15(12-13)22-11-5-10-21-14/h6-7,12H,4-5,8-11H2,1-3H3,(H3,18,19,20). The van der Waals surface area contributed by atoms with Gasteiger partial charge in [-0.15, -0.1) is 0 Å². The number of nitrogens with one attached hydrogen (secondary N) is 1. The van der Waals surface area contributed by atoms with Crippen molar-refractivity contribution in [2.75, 3.05) is 25.1 Å². The van der Waals surface area contributed by atoms with Crippen LogP contribution in [0.3, 0.4) is 0 Å². The number of benzene rings is 1. The van der Waals surface area contributed by atoms with Gasteiger partial charge < -0.3 is 20.5 Å². The number of fused-ring (bicyclic) bond motifs is 1. The third-order valence-electron chi connectivity index (χ3n) is 3.39. The number of anilines is 1. The van der Waals surface area contributed by atoms with Crippen molar-refractivity contribution in [2.45, 2.75) is 40.0 Å². The smallest absolute Gasteiger partial charge is 0.193 e. The van der Waals surface area contributed by atoms with Crippen LogP contribution in [0.4, 0.5) is 5.69 Å². The van der Waals surface area contributed by atoms with Crippen LogP contribution >= 0.6 is 0 Å². The molecule has 2 rings (SSSR count). The van der Waals surface area contributed by atoms with Gasteiger partial charge in [-0.1, -0.05) is 20.8 Å². The molecule has 0 aliphatic carbocycles. The summed E-state index contributed by atoms with van der Waals surface area (Å²) in [5.74, 6) is 1.97. The largest absolute Gasteiger partial charge is 0.490 e. The molecule has 122 valence electrons. The molecule has 0 amide bonds. The van der Waals surface area contributed by atoms with Crippen LogP contribution in [0.25, 0.3) is 0 Å². The number of guanidine groups is 1. The van der Waals surface area contributed by atoms with Crippen molar-refractivity contribution in [3.05, 3.63) is 18.2 Å². The second-order valence-corrected chi connectivity index (χ2v) is 6.77. The Hall–Kier alpha value is -1.91. The summed E-state index contributed by atoms with van der Waals surface area (Å²) >= 11 is 0. The number of nitrogens with two attached hydrogens (primary N) is 1. The molecule has 0 fully saturated rings. The molecule has 22 heavy (non-hydrogen) atoms. The normalized spacial score (nSPS) is 15.3. The molecule has 1 aromatic carbocycles. The number of nitrogens with zero attached hydrogens (tertiary/aromatic N) is 1. The van der Waals surface area contributed by atoms with Gasteiger partial charge in [0, 0.05) is 24.7 Å². The van der Waals surface area contributed by atoms with Crippen LogP contribution in [0.5, 0.6) is 11.5 Å². The highest BCUT2D eigenvalue weighted by Gasteiger charge is 2.11. The molecule has 1 aromatic rings. The van der Waals surface area contributed by atoms with Gasteiger partial charge in [0.25, 0.3) is 0 Å². The Labute approximate surface area is 132 Å². The Morgan fingerprint density at radius 3 is 2.68 bits per heavy atom. The zero-order valence-corrected chi connectivity index (χ0v) is 13.8. The van der Waals surface area contributed by atoms with Gasteiger partial charge in [-0.2, -0.15) is 0 Å². The molecule has 0 radical (unpaired) electrons. The monoisotopic (exact) mass is 305 g/mol. The van der Waals surface area contributed by atoms with Gasteiger partial charge in [0.2, 0.25) is 0 Å². The minimum absolute atomic E-state index is 0.339. The summed E-state index contributed by atoms with van der Waals surface area (Å²) in [6.45, 7) is 8.80. The highest BCUT2D eigenvalue weighted by molar-refractivity contribution is 5.92. The number of ether oxygens (including phenoxy) is 2. The molecule has 0 atom stereocenters. The molecule has 1 aliphatic rings. The average molecular weight is 305 g/mol. The van der Waals surface area contributed by atoms with E-state index in [2.05, 4.69) is 31.1 Å². The lowest BCUT2D eigenvalue weighted by Crippen LogP contribution is -2.23. The summed E-state index contributed by atoms with van der Waals surface area (Å²) in [7, 11) is 0. The van der Waals surface area contributed by atoms with Gasteiger partial charge in [-0.25, -0.2) is 0 Å². The Bertz CT molecular complexity index is 521. The van der Waals surface area contributed by atoms with Crippen molar-refractivity contribution in [2.24, 2.45) is 16.1 Å². The Balaban J connectivity index is 1.88. The fraction of sp³-hybridized carbons (Fsp3) is 0.588. The minimum Gasteiger partial charge on any atom is -0.490 e. The fourth-order valence-electron chi connectivity index (χ4n) is 2.24. The molecule has 0 aromatic heterocycles. The summed E-state index contributed by atoms with van der Waals surface area (Å²) in [5.41, 5.74) is 7.13. The Kier molecular flexibility index (Phi) is 5.52. The van der Waals surface area contributed by atoms with E-state index < -0.39 is 0 Å². The molecule has 0 saturated heterocycles. The molecule has 1 aliphatic heterocycles. The first-order valence-electron chi connectivity index (χ1n) is 7.91. The van der Waals surface area contributed by atoms with Crippen molar-refractivity contribution in [1.29, 1.82) is 0 Å². The van der Waals surface area contributed by atoms with Gasteiger partial charge >= 0.3 is 0 Å². The summed E-state index contributed by atoms with van der Waals surface area (Å²) in [6, 6.07) is 5.72. The average Bonchev–Trinajstić information content (AvgIpc) is 2.67. The van der Waals surface area contributed by atoms with Crippen molar-refractivity contribution in [3.63, 3.8) is 0 Å². The van der Waals surface area contributed by atoms with E-state index >= 15 is 0 Å². The van der Waals surface area contributed by atoms with Crippen LogP contribution in [0.15, 0.2) is 23.2 Å². The van der Waals surface area contributed by atoms with E-state index in [1.807, 2.05) is 18.2 Å². The first-order chi connectivity index (χ1) is 10.4. The van der Waals surface area contributed by atoms with Crippen molar-refractivity contribution in [3.8, 4) is 11.5 Å². The molecule has 5 heteroatoms. The Morgan fingerprint density at radius 1 is 1.23 bits per heavy atom. The molecule has 0 spiro atoms. The number of hydrogen-bond donors (Lipinski definition) is 2. The topological polar surface area (TPSA) is 68.9 Å². The van der Waals surface area contributed by atoms with Gasteiger partial charge in [0.1, 0.15) is 0 Å². The molecule has 0 unspecified atom stereocenters. The van der Waals surface area contributed by atoms with Gasteiger partial charge in [-0.05, 0) is 30.4 Å². The lowest BCUT2D eigenvalue weighted by Gasteiger charge is -2.16. The van der Waals surface area contributed by atoms with E-state index in [0.29, 0.717) is 24.6 Å². The first kappa shape index (κ1) is 16.5. The highest BCUT2D eigenvalue weighted by Crippen LogP contribution is 2.32. The van der Waals surface area contributed by atoms with Crippen LogP contribution < -0.4 is 20.5 Å². The highest BCUT2D eigenvalue weighted by atomic mass is 16.5. The zero-order chi connectivity index (χ0) is 16.0. The SMILES string of the molecule is CC(C)(C)CCCN=C(N)Nc1ccc2c(c1)OCCCO2. The molecule has 3 N–H and O–H groups in total. The maximum absolute atomic E-state index is 5.93. The molecule has 0 bridgehead atoms. The zero-order valence-electron chi connectivity index (χ0n) is 13.8. The van der Waals surface area contributed by atoms with Gasteiger partial charge in [0.05, 0.1) is 13.2 Å². The maximum Gasteiger partial charge on any atom is 0.193 e. The van der Waals surface area contributed by atoms with Crippen LogP contribution in [0.2, 0.25) is 0 Å². The maximum atomic E-state index is 5.93. The van der Waals surface area contributed by atoms with E-state index in [1.165, 1.54) is 0 Å². The lowest BCUT2D eigenvalue weighted by atomic mass is 9.91. The van der Waals surface area contributed by atoms with Crippen LogP contribution in [-0.2, 0) is 0 Å². The predicted octanol–water partition coefficient (Wildman–Crippen LogP) is 3.40. The van der Waals surface area contributed by atoms with Crippen LogP contribution in [-0.4, -0.2) is 25.7 Å². The number of aliphatic imine (C=N–C) groups is 1. The molecular formula is C17H27N3O2. The van der Waals surface area contributed by atoms with Crippen molar-refractivity contribution in [1.82, 2.24) is 0 Å². The van der Waals surface area contributed by atoms with Crippen molar-refractivity contribution >= 4 is 11.6 Å². The van der Waals surface area contributed by atoms with Gasteiger partial charge in [0.15, 0.2) is 17.5 Å². The summed E-state index contributed by atoms with van der Waals surface area (Å²) in [4.78, 5) is 4.36. The Morgan fingerprint density at radius 2 is 1.95 bits per heavy atom. The van der Waals surface area contributed by atoms with E-state index in [4.69, 9.17) is 15.2 Å². The minimum atomic E-state index is 0.339. The lowest BCUT2D eigenvalue weighted by molar-refractivity contribution is 0.297. The molecule has 0 saturated carbocycles. The van der Waals surface area contributed by atoms with E-state index in [1.54, 1.807) is 0 Å². The van der Waals surface area contributed by atoms with E-state index in [-0.39, 0.29) is 0 Å². The first-order valence-corrected chi connectivity index (χ1v) is 7.91. The second kappa shape index (κ2) is 7.38. The number of hydrogen-bond acceptors (Lipinski definition) is 3. The molecular weight excluding hydrogens is 278 g/mol. The van der Waals surface area contributed by atoms with E-state index in [0.717, 1.165) is 43.0 Å². The molecule has 5 nitrogen and oxygen atoms in total. The third-order valence-corrected chi connectivity index (χ3v) is 3.39. The summed E-state index contributed by atoms with van der Waals surface area (Å²) in [6.07, 6.45) is 3.07. The van der Waals surface area contributed by atoms with Gasteiger partial charge in [-0.3, -0.25) is 4.99 Å². The third kappa shape index (κ3) is 5.47. The predicted molar refractivity (Wildman–Crippen MR) is 90.9 cm³/mol. The van der Waals surface area contributed by atoms with E-state index in [9.17, 15) is 0 Å². The quantitative estimate of drug-likeness (QED) is 0.508.